The number of hydrogen-bond acceptors (Lipinski definition) is 4. The van der Waals surface area contributed by atoms with E-state index in [-0.39, 0.29) is 22.1 Å². The fourth-order valence-corrected chi connectivity index (χ4v) is 2.16. The Hall–Kier alpha value is -2.12. The Balaban J connectivity index is 2.31. The Morgan fingerprint density at radius 1 is 1.05 bits per heavy atom. The zero-order valence-electron chi connectivity index (χ0n) is 9.71. The van der Waals surface area contributed by atoms with Crippen LogP contribution in [0.1, 0.15) is 0 Å². The van der Waals surface area contributed by atoms with Gasteiger partial charge in [0.1, 0.15) is 22.2 Å². The molecule has 4 N–H and O–H groups in total. The van der Waals surface area contributed by atoms with Gasteiger partial charge in [0.15, 0.2) is 0 Å². The van der Waals surface area contributed by atoms with Crippen LogP contribution in [0.2, 0.25) is 0 Å². The van der Waals surface area contributed by atoms with E-state index in [1.54, 1.807) is 6.07 Å². The summed E-state index contributed by atoms with van der Waals surface area (Å²) in [7, 11) is -3.87. The van der Waals surface area contributed by atoms with Crippen molar-refractivity contribution in [2.45, 2.75) is 4.90 Å². The zero-order chi connectivity index (χ0) is 14.0. The van der Waals surface area contributed by atoms with Gasteiger partial charge in [-0.05, 0) is 24.3 Å². The number of primary sulfonamides is 1. The monoisotopic (exact) mass is 282 g/mol. The van der Waals surface area contributed by atoms with Crippen molar-refractivity contribution in [3.05, 3.63) is 48.3 Å². The lowest BCUT2D eigenvalue weighted by molar-refractivity contribution is 0.476. The van der Waals surface area contributed by atoms with Gasteiger partial charge in [-0.25, -0.2) is 17.9 Å². The van der Waals surface area contributed by atoms with Crippen molar-refractivity contribution in [1.82, 2.24) is 0 Å². The summed E-state index contributed by atoms with van der Waals surface area (Å²) in [5.74, 6) is 0.130. The molecule has 0 aliphatic carbocycles. The highest BCUT2D eigenvalue weighted by molar-refractivity contribution is 7.89. The third-order valence-corrected chi connectivity index (χ3v) is 3.30. The van der Waals surface area contributed by atoms with Crippen molar-refractivity contribution < 1.29 is 17.5 Å². The number of ether oxygens (including phenoxy) is 1. The largest absolute Gasteiger partial charge is 0.457 e. The van der Waals surface area contributed by atoms with Crippen molar-refractivity contribution in [2.75, 3.05) is 5.73 Å². The van der Waals surface area contributed by atoms with Crippen LogP contribution >= 0.6 is 0 Å². The Morgan fingerprint density at radius 2 is 1.74 bits per heavy atom. The summed E-state index contributed by atoms with van der Waals surface area (Å²) in [5.41, 5.74) is 5.55. The maximum Gasteiger partial charge on any atom is 0.240 e. The number of rotatable bonds is 3. The molecule has 19 heavy (non-hydrogen) atoms. The molecule has 0 aliphatic heterocycles. The average Bonchev–Trinajstić information content (AvgIpc) is 2.27. The lowest BCUT2D eigenvalue weighted by atomic mass is 10.3. The summed E-state index contributed by atoms with van der Waals surface area (Å²) < 4.78 is 40.7. The summed E-state index contributed by atoms with van der Waals surface area (Å²) in [5, 5.41) is 4.98. The lowest BCUT2D eigenvalue weighted by Crippen LogP contribution is -2.14. The van der Waals surface area contributed by atoms with Crippen molar-refractivity contribution in [3.8, 4) is 11.5 Å². The zero-order valence-corrected chi connectivity index (χ0v) is 10.5. The van der Waals surface area contributed by atoms with E-state index in [4.69, 9.17) is 15.6 Å². The van der Waals surface area contributed by atoms with E-state index in [1.165, 1.54) is 36.4 Å². The molecule has 7 heteroatoms. The highest BCUT2D eigenvalue weighted by Crippen LogP contribution is 2.27. The quantitative estimate of drug-likeness (QED) is 0.840. The first-order valence-electron chi connectivity index (χ1n) is 5.22. The molecule has 0 saturated heterocycles. The minimum absolute atomic E-state index is 0.0311. The Morgan fingerprint density at radius 3 is 2.32 bits per heavy atom. The van der Waals surface area contributed by atoms with E-state index in [0.29, 0.717) is 0 Å². The van der Waals surface area contributed by atoms with Crippen LogP contribution < -0.4 is 15.6 Å². The van der Waals surface area contributed by atoms with Crippen molar-refractivity contribution in [3.63, 3.8) is 0 Å². The van der Waals surface area contributed by atoms with Gasteiger partial charge < -0.3 is 10.5 Å². The summed E-state index contributed by atoms with van der Waals surface area (Å²) in [4.78, 5) is -0.181. The van der Waals surface area contributed by atoms with Crippen LogP contribution in [0.5, 0.6) is 11.5 Å². The van der Waals surface area contributed by atoms with E-state index in [1.807, 2.05) is 0 Å². The third kappa shape index (κ3) is 3.21. The van der Waals surface area contributed by atoms with Gasteiger partial charge in [-0.15, -0.1) is 0 Å². The van der Waals surface area contributed by atoms with E-state index < -0.39 is 15.8 Å². The van der Waals surface area contributed by atoms with Crippen LogP contribution in [0.3, 0.4) is 0 Å². The van der Waals surface area contributed by atoms with Crippen LogP contribution in [0.25, 0.3) is 0 Å². The molecule has 0 spiro atoms. The first kappa shape index (κ1) is 13.3. The predicted octanol–water partition coefficient (Wildman–Crippen LogP) is 1.85. The molecule has 0 aromatic heterocycles. The highest BCUT2D eigenvalue weighted by atomic mass is 32.2. The number of sulfonamides is 1. The van der Waals surface area contributed by atoms with Crippen LogP contribution in [-0.2, 0) is 10.0 Å². The number of hydrogen-bond donors (Lipinski definition) is 2. The molecule has 2 rings (SSSR count). The fourth-order valence-electron chi connectivity index (χ4n) is 1.52. The number of benzene rings is 2. The van der Waals surface area contributed by atoms with Crippen LogP contribution in [0.4, 0.5) is 10.1 Å². The van der Waals surface area contributed by atoms with Gasteiger partial charge in [0.05, 0.1) is 5.69 Å². The maximum absolute atomic E-state index is 13.0. The molecule has 0 fully saturated rings. The van der Waals surface area contributed by atoms with E-state index in [2.05, 4.69) is 0 Å². The molecule has 0 saturated carbocycles. The van der Waals surface area contributed by atoms with Crippen molar-refractivity contribution in [1.29, 1.82) is 0 Å². The Labute approximate surface area is 109 Å². The van der Waals surface area contributed by atoms with Crippen molar-refractivity contribution in [2.24, 2.45) is 5.14 Å². The second kappa shape index (κ2) is 4.87. The lowest BCUT2D eigenvalue weighted by Gasteiger charge is -2.08. The van der Waals surface area contributed by atoms with E-state index in [9.17, 15) is 12.8 Å². The van der Waals surface area contributed by atoms with Gasteiger partial charge in [0.2, 0.25) is 10.0 Å². The first-order valence-corrected chi connectivity index (χ1v) is 6.76. The van der Waals surface area contributed by atoms with Gasteiger partial charge in [0, 0.05) is 12.1 Å². The van der Waals surface area contributed by atoms with E-state index >= 15 is 0 Å². The number of nitrogens with two attached hydrogens (primary N) is 2. The molecule has 0 bridgehead atoms. The number of halogens is 1. The number of anilines is 1. The van der Waals surface area contributed by atoms with Gasteiger partial charge in [-0.1, -0.05) is 6.07 Å². The molecule has 0 heterocycles. The Kier molecular flexibility index (Phi) is 3.41. The normalized spacial score (nSPS) is 11.3. The molecule has 0 amide bonds. The number of nitrogen functional groups attached to an aromatic ring is 1. The molecule has 0 unspecified atom stereocenters. The third-order valence-electron chi connectivity index (χ3n) is 2.32. The molecule has 0 radical (unpaired) electrons. The summed E-state index contributed by atoms with van der Waals surface area (Å²) in [6, 6.07) is 9.47. The van der Waals surface area contributed by atoms with Crippen LogP contribution in [0, 0.1) is 5.82 Å². The molecule has 2 aromatic rings. The van der Waals surface area contributed by atoms with Crippen LogP contribution in [0.15, 0.2) is 47.4 Å². The molecule has 0 aliphatic rings. The minimum atomic E-state index is -3.87. The van der Waals surface area contributed by atoms with E-state index in [0.717, 1.165) is 0 Å². The molecule has 100 valence electrons. The SMILES string of the molecule is Nc1cc(Oc2cccc(F)c2)ccc1S(N)(=O)=O. The van der Waals surface area contributed by atoms with Gasteiger partial charge in [-0.2, -0.15) is 0 Å². The second-order valence-corrected chi connectivity index (χ2v) is 5.33. The van der Waals surface area contributed by atoms with Gasteiger partial charge in [0.25, 0.3) is 0 Å². The van der Waals surface area contributed by atoms with Gasteiger partial charge >= 0.3 is 0 Å². The molecular weight excluding hydrogens is 271 g/mol. The average molecular weight is 282 g/mol. The molecule has 2 aromatic carbocycles. The topological polar surface area (TPSA) is 95.4 Å². The molecule has 5 nitrogen and oxygen atoms in total. The van der Waals surface area contributed by atoms with Crippen molar-refractivity contribution >= 4 is 15.7 Å². The molecule has 0 atom stereocenters. The maximum atomic E-state index is 13.0. The fraction of sp³-hybridized carbons (Fsp3) is 0. The second-order valence-electron chi connectivity index (χ2n) is 3.80. The standard InChI is InChI=1S/C12H11FN2O3S/c13-8-2-1-3-9(6-8)18-10-4-5-12(11(14)7-10)19(15,16)17/h1-7H,14H2,(H2,15,16,17). The minimum Gasteiger partial charge on any atom is -0.457 e. The highest BCUT2D eigenvalue weighted by Gasteiger charge is 2.12. The van der Waals surface area contributed by atoms with Gasteiger partial charge in [-0.3, -0.25) is 0 Å². The van der Waals surface area contributed by atoms with Crippen LogP contribution in [-0.4, -0.2) is 8.42 Å². The summed E-state index contributed by atoms with van der Waals surface area (Å²) in [6.07, 6.45) is 0. The predicted molar refractivity (Wildman–Crippen MR) is 68.7 cm³/mol. The molecular formula is C12H11FN2O3S. The Bertz CT molecular complexity index is 717. The summed E-state index contributed by atoms with van der Waals surface area (Å²) >= 11 is 0. The smallest absolute Gasteiger partial charge is 0.240 e. The summed E-state index contributed by atoms with van der Waals surface area (Å²) in [6.45, 7) is 0. The first-order chi connectivity index (χ1) is 8.86.